The minimum absolute atomic E-state index is 0.0306. The Bertz CT molecular complexity index is 1020. The molecule has 0 amide bonds. The molecule has 2 N–H and O–H groups in total. The minimum Gasteiger partial charge on any atom is -0.357 e. The molecule has 0 aliphatic heterocycles. The van der Waals surface area contributed by atoms with Crippen LogP contribution in [0.15, 0.2) is 47.4 Å². The second-order valence-corrected chi connectivity index (χ2v) is 7.78. The number of aromatic amines is 1. The van der Waals surface area contributed by atoms with Gasteiger partial charge in [0, 0.05) is 16.6 Å². The average Bonchev–Trinajstić information content (AvgIpc) is 3.01. The number of hydrogen-bond acceptors (Lipinski definition) is 2. The molecule has 0 radical (unpaired) electrons. The van der Waals surface area contributed by atoms with Gasteiger partial charge in [-0.05, 0) is 62.1 Å². The molecule has 2 aromatic carbocycles. The quantitative estimate of drug-likeness (QED) is 0.749. The maximum atomic E-state index is 12.7. The zero-order valence-corrected chi connectivity index (χ0v) is 14.8. The third-order valence-electron chi connectivity index (χ3n) is 4.79. The second-order valence-electron chi connectivity index (χ2n) is 6.54. The fourth-order valence-corrected chi connectivity index (χ4v) is 4.64. The highest BCUT2D eigenvalue weighted by Gasteiger charge is 2.25. The van der Waals surface area contributed by atoms with Crippen LogP contribution in [0.3, 0.4) is 0 Å². The smallest absolute Gasteiger partial charge is 0.125 e. The first kappa shape index (κ1) is 16.1. The number of rotatable bonds is 3. The third kappa shape index (κ3) is 2.99. The van der Waals surface area contributed by atoms with Gasteiger partial charge in [0.1, 0.15) is 11.0 Å². The van der Waals surface area contributed by atoms with Crippen LogP contribution < -0.4 is 4.72 Å². The van der Waals surface area contributed by atoms with Gasteiger partial charge >= 0.3 is 0 Å². The lowest BCUT2D eigenvalue weighted by Gasteiger charge is -2.23. The Labute approximate surface area is 149 Å². The zero-order chi connectivity index (χ0) is 17.4. The fourth-order valence-electron chi connectivity index (χ4n) is 3.57. The number of aryl methyl sites for hydroxylation is 2. The Kier molecular flexibility index (Phi) is 4.16. The van der Waals surface area contributed by atoms with Crippen LogP contribution >= 0.6 is 0 Å². The molecule has 1 aliphatic rings. The number of nitriles is 1. The summed E-state index contributed by atoms with van der Waals surface area (Å²) in [7, 11) is -1.35. The van der Waals surface area contributed by atoms with E-state index in [0.29, 0.717) is 10.5 Å². The topological polar surface area (TPSA) is 68.7 Å². The van der Waals surface area contributed by atoms with E-state index in [1.54, 1.807) is 24.3 Å². The van der Waals surface area contributed by atoms with Crippen molar-refractivity contribution < 1.29 is 4.21 Å². The van der Waals surface area contributed by atoms with Gasteiger partial charge in [-0.25, -0.2) is 8.93 Å². The molecule has 2 unspecified atom stereocenters. The molecule has 2 atom stereocenters. The molecule has 1 heterocycles. The van der Waals surface area contributed by atoms with Crippen LogP contribution in [0.4, 0.5) is 0 Å². The first-order valence-electron chi connectivity index (χ1n) is 8.45. The Morgan fingerprint density at radius 2 is 2.16 bits per heavy atom. The molecule has 25 heavy (non-hydrogen) atoms. The summed E-state index contributed by atoms with van der Waals surface area (Å²) in [4.78, 5) is 4.16. The minimum atomic E-state index is -1.35. The summed E-state index contributed by atoms with van der Waals surface area (Å²) in [6.07, 6.45) is 3.07. The molecular weight excluding hydrogens is 330 g/mol. The molecule has 3 aromatic rings. The first-order chi connectivity index (χ1) is 12.2. The first-order valence-corrected chi connectivity index (χ1v) is 9.60. The SMILES string of the molecule is Cc1ccc2[nH]c3c(c2c1)CCCC3NS(=O)c1cccc(C#N)c1. The monoisotopic (exact) mass is 349 g/mol. The van der Waals surface area contributed by atoms with Gasteiger partial charge in [-0.15, -0.1) is 0 Å². The summed E-state index contributed by atoms with van der Waals surface area (Å²) in [5, 5.41) is 10.3. The van der Waals surface area contributed by atoms with Crippen LogP contribution in [-0.2, 0) is 17.4 Å². The van der Waals surface area contributed by atoms with Crippen molar-refractivity contribution in [3.05, 3.63) is 64.8 Å². The molecule has 126 valence electrons. The number of nitrogens with zero attached hydrogens (tertiary/aromatic N) is 1. The van der Waals surface area contributed by atoms with Crippen molar-refractivity contribution >= 4 is 21.9 Å². The lowest BCUT2D eigenvalue weighted by atomic mass is 9.92. The van der Waals surface area contributed by atoms with E-state index in [1.165, 1.54) is 16.5 Å². The van der Waals surface area contributed by atoms with E-state index in [2.05, 4.69) is 40.9 Å². The standard InChI is InChI=1S/C20H19N3OS/c1-13-8-9-18-17(10-13)16-6-3-7-19(20(16)22-18)23-25(24)15-5-2-4-14(11-15)12-21/h2,4-5,8-11,19,22-23H,3,6-7H2,1H3. The summed E-state index contributed by atoms with van der Waals surface area (Å²) in [6, 6.07) is 15.5. The van der Waals surface area contributed by atoms with E-state index in [9.17, 15) is 4.21 Å². The summed E-state index contributed by atoms with van der Waals surface area (Å²) in [5.74, 6) is 0. The number of H-pyrrole nitrogens is 1. The van der Waals surface area contributed by atoms with Crippen molar-refractivity contribution in [3.8, 4) is 6.07 Å². The van der Waals surface area contributed by atoms with Crippen LogP contribution in [0.5, 0.6) is 0 Å². The Morgan fingerprint density at radius 3 is 3.00 bits per heavy atom. The van der Waals surface area contributed by atoms with E-state index in [1.807, 2.05) is 0 Å². The van der Waals surface area contributed by atoms with Crippen LogP contribution in [0.2, 0.25) is 0 Å². The predicted molar refractivity (Wildman–Crippen MR) is 99.4 cm³/mol. The molecule has 1 aromatic heterocycles. The molecule has 0 spiro atoms. The van der Waals surface area contributed by atoms with Gasteiger partial charge in [0.15, 0.2) is 0 Å². The van der Waals surface area contributed by atoms with E-state index >= 15 is 0 Å². The molecule has 1 aliphatic carbocycles. The number of benzene rings is 2. The van der Waals surface area contributed by atoms with Gasteiger partial charge < -0.3 is 4.98 Å². The Balaban J connectivity index is 1.66. The number of nitrogens with one attached hydrogen (secondary N) is 2. The van der Waals surface area contributed by atoms with E-state index < -0.39 is 11.0 Å². The van der Waals surface area contributed by atoms with Crippen LogP contribution in [0.25, 0.3) is 10.9 Å². The van der Waals surface area contributed by atoms with Crippen LogP contribution in [0.1, 0.15) is 41.3 Å². The summed E-state index contributed by atoms with van der Waals surface area (Å²) >= 11 is 0. The predicted octanol–water partition coefficient (Wildman–Crippen LogP) is 4.04. The van der Waals surface area contributed by atoms with E-state index in [-0.39, 0.29) is 6.04 Å². The zero-order valence-electron chi connectivity index (χ0n) is 14.0. The maximum Gasteiger partial charge on any atom is 0.125 e. The van der Waals surface area contributed by atoms with E-state index in [4.69, 9.17) is 5.26 Å². The van der Waals surface area contributed by atoms with Gasteiger partial charge in [-0.3, -0.25) is 0 Å². The largest absolute Gasteiger partial charge is 0.357 e. The number of fused-ring (bicyclic) bond motifs is 3. The Morgan fingerprint density at radius 1 is 1.28 bits per heavy atom. The summed E-state index contributed by atoms with van der Waals surface area (Å²) in [5.41, 5.74) is 5.41. The molecule has 4 rings (SSSR count). The molecule has 0 saturated carbocycles. The van der Waals surface area contributed by atoms with Crippen molar-refractivity contribution in [2.45, 2.75) is 37.1 Å². The molecular formula is C20H19N3OS. The van der Waals surface area contributed by atoms with Crippen molar-refractivity contribution in [2.24, 2.45) is 0 Å². The van der Waals surface area contributed by atoms with Crippen LogP contribution in [0, 0.1) is 18.3 Å². The fraction of sp³-hybridized carbons (Fsp3) is 0.250. The molecule has 0 saturated heterocycles. The summed E-state index contributed by atoms with van der Waals surface area (Å²) in [6.45, 7) is 2.11. The summed E-state index contributed by atoms with van der Waals surface area (Å²) < 4.78 is 16.0. The maximum absolute atomic E-state index is 12.7. The highest BCUT2D eigenvalue weighted by molar-refractivity contribution is 7.83. The molecule has 0 bridgehead atoms. The number of aromatic nitrogens is 1. The normalized spacial score (nSPS) is 17.8. The lowest BCUT2D eigenvalue weighted by Crippen LogP contribution is -2.27. The highest BCUT2D eigenvalue weighted by atomic mass is 32.2. The second kappa shape index (κ2) is 6.47. The van der Waals surface area contributed by atoms with Crippen molar-refractivity contribution in [3.63, 3.8) is 0 Å². The highest BCUT2D eigenvalue weighted by Crippen LogP contribution is 2.35. The third-order valence-corrected chi connectivity index (χ3v) is 5.97. The number of hydrogen-bond donors (Lipinski definition) is 2. The van der Waals surface area contributed by atoms with Gasteiger partial charge in [0.25, 0.3) is 0 Å². The van der Waals surface area contributed by atoms with Crippen LogP contribution in [-0.4, -0.2) is 9.19 Å². The van der Waals surface area contributed by atoms with E-state index in [0.717, 1.165) is 30.5 Å². The lowest BCUT2D eigenvalue weighted by molar-refractivity contribution is 0.524. The molecule has 5 heteroatoms. The average molecular weight is 349 g/mol. The molecule has 4 nitrogen and oxygen atoms in total. The van der Waals surface area contributed by atoms with Gasteiger partial charge in [-0.1, -0.05) is 17.7 Å². The van der Waals surface area contributed by atoms with Crippen molar-refractivity contribution in [2.75, 3.05) is 0 Å². The van der Waals surface area contributed by atoms with Gasteiger partial charge in [0.2, 0.25) is 0 Å². The van der Waals surface area contributed by atoms with Crippen molar-refractivity contribution in [1.82, 2.24) is 9.71 Å². The van der Waals surface area contributed by atoms with Gasteiger partial charge in [0.05, 0.1) is 22.6 Å². The van der Waals surface area contributed by atoms with Crippen molar-refractivity contribution in [1.29, 1.82) is 5.26 Å². The van der Waals surface area contributed by atoms with Gasteiger partial charge in [-0.2, -0.15) is 5.26 Å². The molecule has 0 fully saturated rings. The Hall–Kier alpha value is -2.42.